The fourth-order valence-electron chi connectivity index (χ4n) is 2.88. The van der Waals surface area contributed by atoms with Gasteiger partial charge < -0.3 is 4.74 Å². The fourth-order valence-corrected chi connectivity index (χ4v) is 2.88. The second-order valence-corrected chi connectivity index (χ2v) is 5.45. The Hall–Kier alpha value is -0.940. The third-order valence-corrected chi connectivity index (χ3v) is 3.99. The van der Waals surface area contributed by atoms with Crippen LogP contribution in [-0.2, 0) is 11.2 Å². The number of nitrogens with two attached hydrogens (primary N) is 1. The molecule has 3 N–H and O–H groups in total. The van der Waals surface area contributed by atoms with Gasteiger partial charge in [0.2, 0.25) is 0 Å². The lowest BCUT2D eigenvalue weighted by molar-refractivity contribution is -0.0471. The lowest BCUT2D eigenvalue weighted by atomic mass is 9.98. The molecule has 4 heteroatoms. The fraction of sp³-hybridized carbons (Fsp3) is 0.625. The van der Waals surface area contributed by atoms with Crippen LogP contribution in [0.5, 0.6) is 0 Å². The Morgan fingerprint density at radius 3 is 3.00 bits per heavy atom. The van der Waals surface area contributed by atoms with E-state index in [9.17, 15) is 0 Å². The van der Waals surface area contributed by atoms with Gasteiger partial charge in [0.1, 0.15) is 0 Å². The minimum Gasteiger partial charge on any atom is -0.374 e. The summed E-state index contributed by atoms with van der Waals surface area (Å²) in [6, 6.07) is 8.67. The van der Waals surface area contributed by atoms with Gasteiger partial charge in [0.25, 0.3) is 0 Å². The van der Waals surface area contributed by atoms with Gasteiger partial charge in [0.05, 0.1) is 18.8 Å². The van der Waals surface area contributed by atoms with Crippen molar-refractivity contribution in [2.45, 2.75) is 38.8 Å². The summed E-state index contributed by atoms with van der Waals surface area (Å²) < 4.78 is 5.95. The van der Waals surface area contributed by atoms with E-state index in [1.54, 1.807) is 0 Å². The quantitative estimate of drug-likeness (QED) is 0.615. The van der Waals surface area contributed by atoms with Crippen LogP contribution < -0.4 is 11.3 Å². The maximum Gasteiger partial charge on any atom is 0.0909 e. The summed E-state index contributed by atoms with van der Waals surface area (Å²) in [6.45, 7) is 8.27. The van der Waals surface area contributed by atoms with Crippen molar-refractivity contribution in [1.29, 1.82) is 0 Å². The minimum absolute atomic E-state index is 0.0566. The lowest BCUT2D eigenvalue weighted by Crippen LogP contribution is -2.49. The average molecular weight is 277 g/mol. The highest BCUT2D eigenvalue weighted by molar-refractivity contribution is 5.27. The first-order chi connectivity index (χ1) is 9.78. The topological polar surface area (TPSA) is 50.5 Å². The average Bonchev–Trinajstić information content (AvgIpc) is 2.49. The number of nitrogens with zero attached hydrogens (tertiary/aromatic N) is 1. The first-order valence-electron chi connectivity index (χ1n) is 7.67. The second-order valence-electron chi connectivity index (χ2n) is 5.45. The van der Waals surface area contributed by atoms with Gasteiger partial charge >= 0.3 is 0 Å². The van der Waals surface area contributed by atoms with E-state index in [2.05, 4.69) is 48.4 Å². The Labute approximate surface area is 122 Å². The SMILES string of the molecule is CCCN1CCOC(C(NN)c2cccc(CC)c2)C1. The molecule has 1 fully saturated rings. The monoisotopic (exact) mass is 277 g/mol. The third-order valence-electron chi connectivity index (χ3n) is 3.99. The molecular formula is C16H27N3O. The zero-order valence-electron chi connectivity index (χ0n) is 12.6. The Morgan fingerprint density at radius 2 is 2.30 bits per heavy atom. The van der Waals surface area contributed by atoms with Crippen LogP contribution in [0.3, 0.4) is 0 Å². The summed E-state index contributed by atoms with van der Waals surface area (Å²) in [5.41, 5.74) is 5.51. The van der Waals surface area contributed by atoms with Crippen LogP contribution in [0.15, 0.2) is 24.3 Å². The number of ether oxygens (including phenoxy) is 1. The predicted molar refractivity (Wildman–Crippen MR) is 82.4 cm³/mol. The molecule has 20 heavy (non-hydrogen) atoms. The first-order valence-corrected chi connectivity index (χ1v) is 7.67. The van der Waals surface area contributed by atoms with E-state index in [4.69, 9.17) is 10.6 Å². The number of aryl methyl sites for hydroxylation is 1. The van der Waals surface area contributed by atoms with Crippen LogP contribution in [0.4, 0.5) is 0 Å². The van der Waals surface area contributed by atoms with E-state index in [0.29, 0.717) is 0 Å². The van der Waals surface area contributed by atoms with Crippen molar-refractivity contribution in [2.75, 3.05) is 26.2 Å². The molecule has 1 aromatic rings. The molecule has 0 aromatic heterocycles. The summed E-state index contributed by atoms with van der Waals surface area (Å²) in [5.74, 6) is 5.80. The first kappa shape index (κ1) is 15.4. The molecule has 112 valence electrons. The highest BCUT2D eigenvalue weighted by atomic mass is 16.5. The van der Waals surface area contributed by atoms with Gasteiger partial charge in [0, 0.05) is 13.1 Å². The zero-order valence-corrected chi connectivity index (χ0v) is 12.6. The van der Waals surface area contributed by atoms with Crippen molar-refractivity contribution < 1.29 is 4.74 Å². The van der Waals surface area contributed by atoms with Crippen LogP contribution in [-0.4, -0.2) is 37.2 Å². The van der Waals surface area contributed by atoms with Gasteiger partial charge in [-0.05, 0) is 30.5 Å². The molecule has 1 aliphatic rings. The maximum absolute atomic E-state index is 5.95. The highest BCUT2D eigenvalue weighted by Gasteiger charge is 2.28. The Bertz CT molecular complexity index is 408. The molecule has 4 nitrogen and oxygen atoms in total. The number of hydrogen-bond donors (Lipinski definition) is 2. The molecular weight excluding hydrogens is 250 g/mol. The third kappa shape index (κ3) is 3.79. The van der Waals surface area contributed by atoms with Crippen LogP contribution in [0.1, 0.15) is 37.4 Å². The van der Waals surface area contributed by atoms with Crippen LogP contribution in [0.25, 0.3) is 0 Å². The minimum atomic E-state index is 0.0566. The van der Waals surface area contributed by atoms with Crippen molar-refractivity contribution in [3.8, 4) is 0 Å². The number of morpholine rings is 1. The Kier molecular flexibility index (Phi) is 5.98. The maximum atomic E-state index is 5.95. The molecule has 0 bridgehead atoms. The van der Waals surface area contributed by atoms with E-state index in [-0.39, 0.29) is 12.1 Å². The van der Waals surface area contributed by atoms with E-state index in [1.807, 2.05) is 0 Å². The number of rotatable bonds is 6. The van der Waals surface area contributed by atoms with Crippen LogP contribution in [0.2, 0.25) is 0 Å². The second kappa shape index (κ2) is 7.74. The zero-order chi connectivity index (χ0) is 14.4. The van der Waals surface area contributed by atoms with Crippen molar-refractivity contribution in [1.82, 2.24) is 10.3 Å². The molecule has 0 saturated carbocycles. The molecule has 0 aliphatic carbocycles. The number of hydrazine groups is 1. The van der Waals surface area contributed by atoms with E-state index in [1.165, 1.54) is 17.5 Å². The van der Waals surface area contributed by atoms with Gasteiger partial charge in [-0.15, -0.1) is 0 Å². The van der Waals surface area contributed by atoms with E-state index in [0.717, 1.165) is 32.7 Å². The highest BCUT2D eigenvalue weighted by Crippen LogP contribution is 2.23. The number of hydrogen-bond acceptors (Lipinski definition) is 4. The Balaban J connectivity index is 2.10. The predicted octanol–water partition coefficient (Wildman–Crippen LogP) is 1.86. The van der Waals surface area contributed by atoms with Crippen molar-refractivity contribution in [2.24, 2.45) is 5.84 Å². The van der Waals surface area contributed by atoms with E-state index >= 15 is 0 Å². The number of nitrogens with one attached hydrogen (secondary N) is 1. The lowest BCUT2D eigenvalue weighted by Gasteiger charge is -2.37. The van der Waals surface area contributed by atoms with Crippen LogP contribution >= 0.6 is 0 Å². The van der Waals surface area contributed by atoms with Gasteiger partial charge in [-0.2, -0.15) is 0 Å². The summed E-state index contributed by atoms with van der Waals surface area (Å²) in [4.78, 5) is 2.46. The molecule has 1 aromatic carbocycles. The molecule has 2 unspecified atom stereocenters. The van der Waals surface area contributed by atoms with Crippen LogP contribution in [0, 0.1) is 0 Å². The summed E-state index contributed by atoms with van der Waals surface area (Å²) in [7, 11) is 0. The molecule has 0 spiro atoms. The normalized spacial score (nSPS) is 21.9. The van der Waals surface area contributed by atoms with Crippen molar-refractivity contribution in [3.05, 3.63) is 35.4 Å². The Morgan fingerprint density at radius 1 is 1.45 bits per heavy atom. The van der Waals surface area contributed by atoms with Crippen molar-refractivity contribution >= 4 is 0 Å². The van der Waals surface area contributed by atoms with Gasteiger partial charge in [-0.3, -0.25) is 16.2 Å². The summed E-state index contributed by atoms with van der Waals surface area (Å²) in [5, 5.41) is 0. The summed E-state index contributed by atoms with van der Waals surface area (Å²) >= 11 is 0. The van der Waals surface area contributed by atoms with Gasteiger partial charge in [0.15, 0.2) is 0 Å². The molecule has 2 rings (SSSR count). The molecule has 1 heterocycles. The molecule has 0 radical (unpaired) electrons. The standard InChI is InChI=1S/C16H27N3O/c1-3-8-19-9-10-20-15(12-19)16(18-17)14-7-5-6-13(4-2)11-14/h5-7,11,15-16,18H,3-4,8-10,12,17H2,1-2H3. The largest absolute Gasteiger partial charge is 0.374 e. The van der Waals surface area contributed by atoms with Crippen molar-refractivity contribution in [3.63, 3.8) is 0 Å². The van der Waals surface area contributed by atoms with Gasteiger partial charge in [-0.1, -0.05) is 38.1 Å². The molecule has 2 atom stereocenters. The van der Waals surface area contributed by atoms with Gasteiger partial charge in [-0.25, -0.2) is 0 Å². The molecule has 1 aliphatic heterocycles. The molecule has 0 amide bonds. The molecule has 1 saturated heterocycles. The number of benzene rings is 1. The summed E-state index contributed by atoms with van der Waals surface area (Å²) in [6.07, 6.45) is 2.34. The van der Waals surface area contributed by atoms with E-state index < -0.39 is 0 Å². The smallest absolute Gasteiger partial charge is 0.0909 e.